The number of benzene rings is 2. The first-order valence-corrected chi connectivity index (χ1v) is 9.68. The SMILES string of the molecule is COc1ccc(OC(C)C(=O)N2CCC(c3nc4ccccc4[nH]3)CC2)cc1. The summed E-state index contributed by atoms with van der Waals surface area (Å²) in [6, 6.07) is 15.4. The molecule has 0 aliphatic carbocycles. The van der Waals surface area contributed by atoms with Crippen molar-refractivity contribution < 1.29 is 14.3 Å². The molecule has 146 valence electrons. The average molecular weight is 379 g/mol. The smallest absolute Gasteiger partial charge is 0.263 e. The number of rotatable bonds is 5. The van der Waals surface area contributed by atoms with Crippen LogP contribution >= 0.6 is 0 Å². The Bertz CT molecular complexity index is 910. The zero-order chi connectivity index (χ0) is 19.5. The molecule has 0 saturated carbocycles. The molecule has 1 unspecified atom stereocenters. The summed E-state index contributed by atoms with van der Waals surface area (Å²) < 4.78 is 11.0. The highest BCUT2D eigenvalue weighted by atomic mass is 16.5. The monoisotopic (exact) mass is 379 g/mol. The van der Waals surface area contributed by atoms with E-state index in [1.165, 1.54) is 0 Å². The summed E-state index contributed by atoms with van der Waals surface area (Å²) >= 11 is 0. The first kappa shape index (κ1) is 18.3. The molecule has 2 aromatic carbocycles. The number of piperidine rings is 1. The van der Waals surface area contributed by atoms with Crippen molar-refractivity contribution >= 4 is 16.9 Å². The van der Waals surface area contributed by atoms with Crippen molar-refractivity contribution in [2.45, 2.75) is 31.8 Å². The van der Waals surface area contributed by atoms with Crippen LogP contribution in [0, 0.1) is 0 Å². The Kier molecular flexibility index (Phi) is 5.19. The van der Waals surface area contributed by atoms with Gasteiger partial charge in [-0.25, -0.2) is 4.98 Å². The Morgan fingerprint density at radius 1 is 1.11 bits per heavy atom. The molecule has 1 saturated heterocycles. The number of amides is 1. The molecular formula is C22H25N3O3. The highest BCUT2D eigenvalue weighted by Crippen LogP contribution is 2.28. The standard InChI is InChI=1S/C22H25N3O3/c1-15(28-18-9-7-17(27-2)8-10-18)22(26)25-13-11-16(12-14-25)21-23-19-5-3-4-6-20(19)24-21/h3-10,15-16H,11-14H2,1-2H3,(H,23,24). The van der Waals surface area contributed by atoms with E-state index in [1.54, 1.807) is 14.0 Å². The molecule has 0 radical (unpaired) electrons. The van der Waals surface area contributed by atoms with Crippen LogP contribution in [0.1, 0.15) is 31.5 Å². The molecule has 1 aliphatic heterocycles. The number of likely N-dealkylation sites (tertiary alicyclic amines) is 1. The largest absolute Gasteiger partial charge is 0.497 e. The van der Waals surface area contributed by atoms with Crippen LogP contribution in [0.25, 0.3) is 11.0 Å². The number of nitrogens with one attached hydrogen (secondary N) is 1. The number of para-hydroxylation sites is 2. The molecule has 28 heavy (non-hydrogen) atoms. The predicted molar refractivity (Wildman–Crippen MR) is 108 cm³/mol. The van der Waals surface area contributed by atoms with E-state index in [0.717, 1.165) is 48.5 Å². The van der Waals surface area contributed by atoms with E-state index < -0.39 is 6.10 Å². The van der Waals surface area contributed by atoms with Crippen molar-refractivity contribution in [2.24, 2.45) is 0 Å². The fraction of sp³-hybridized carbons (Fsp3) is 0.364. The van der Waals surface area contributed by atoms with E-state index in [0.29, 0.717) is 11.7 Å². The van der Waals surface area contributed by atoms with E-state index in [4.69, 9.17) is 14.5 Å². The molecule has 1 aromatic heterocycles. The fourth-order valence-corrected chi connectivity index (χ4v) is 3.71. The number of fused-ring (bicyclic) bond motifs is 1. The minimum absolute atomic E-state index is 0.0267. The summed E-state index contributed by atoms with van der Waals surface area (Å²) in [6.45, 7) is 3.24. The summed E-state index contributed by atoms with van der Waals surface area (Å²) in [7, 11) is 1.62. The molecule has 3 aromatic rings. The number of hydrogen-bond acceptors (Lipinski definition) is 4. The maximum Gasteiger partial charge on any atom is 0.263 e. The number of hydrogen-bond donors (Lipinski definition) is 1. The number of aromatic nitrogens is 2. The molecule has 0 spiro atoms. The molecule has 2 heterocycles. The highest BCUT2D eigenvalue weighted by Gasteiger charge is 2.29. The Balaban J connectivity index is 1.33. The van der Waals surface area contributed by atoms with Crippen LogP contribution in [-0.4, -0.2) is 47.1 Å². The highest BCUT2D eigenvalue weighted by molar-refractivity contribution is 5.81. The van der Waals surface area contributed by atoms with Gasteiger partial charge in [0.2, 0.25) is 0 Å². The van der Waals surface area contributed by atoms with Crippen molar-refractivity contribution in [1.29, 1.82) is 0 Å². The molecule has 6 heteroatoms. The maximum absolute atomic E-state index is 12.8. The lowest BCUT2D eigenvalue weighted by Gasteiger charge is -2.32. The summed E-state index contributed by atoms with van der Waals surface area (Å²) in [6.07, 6.45) is 1.29. The van der Waals surface area contributed by atoms with Crippen LogP contribution in [0.2, 0.25) is 0 Å². The predicted octanol–water partition coefficient (Wildman–Crippen LogP) is 3.75. The molecule has 6 nitrogen and oxygen atoms in total. The second-order valence-corrected chi connectivity index (χ2v) is 7.17. The van der Waals surface area contributed by atoms with Crippen LogP contribution in [-0.2, 0) is 4.79 Å². The lowest BCUT2D eigenvalue weighted by Crippen LogP contribution is -2.44. The Morgan fingerprint density at radius 3 is 2.46 bits per heavy atom. The van der Waals surface area contributed by atoms with Crippen LogP contribution in [0.15, 0.2) is 48.5 Å². The van der Waals surface area contributed by atoms with Crippen molar-refractivity contribution in [1.82, 2.24) is 14.9 Å². The molecule has 1 amide bonds. The van der Waals surface area contributed by atoms with Crippen LogP contribution < -0.4 is 9.47 Å². The summed E-state index contributed by atoms with van der Waals surface area (Å²) in [4.78, 5) is 22.8. The van der Waals surface area contributed by atoms with Crippen molar-refractivity contribution in [2.75, 3.05) is 20.2 Å². The zero-order valence-corrected chi connectivity index (χ0v) is 16.2. The van der Waals surface area contributed by atoms with Gasteiger partial charge in [0.25, 0.3) is 5.91 Å². The van der Waals surface area contributed by atoms with Gasteiger partial charge in [0.1, 0.15) is 17.3 Å². The zero-order valence-electron chi connectivity index (χ0n) is 16.2. The number of H-pyrrole nitrogens is 1. The van der Waals surface area contributed by atoms with E-state index in [-0.39, 0.29) is 5.91 Å². The third-order valence-electron chi connectivity index (χ3n) is 5.32. The van der Waals surface area contributed by atoms with Crippen molar-refractivity contribution in [3.8, 4) is 11.5 Å². The first-order chi connectivity index (χ1) is 13.6. The van der Waals surface area contributed by atoms with E-state index in [1.807, 2.05) is 53.4 Å². The average Bonchev–Trinajstić information content (AvgIpc) is 3.18. The van der Waals surface area contributed by atoms with Crippen LogP contribution in [0.5, 0.6) is 11.5 Å². The lowest BCUT2D eigenvalue weighted by atomic mass is 9.96. The maximum atomic E-state index is 12.8. The topological polar surface area (TPSA) is 67.5 Å². The van der Waals surface area contributed by atoms with Gasteiger partial charge in [-0.2, -0.15) is 0 Å². The number of aromatic amines is 1. The number of ether oxygens (including phenoxy) is 2. The third kappa shape index (κ3) is 3.81. The molecule has 1 fully saturated rings. The summed E-state index contributed by atoms with van der Waals surface area (Å²) in [5.74, 6) is 2.83. The number of methoxy groups -OCH3 is 1. The van der Waals surface area contributed by atoms with Gasteiger partial charge in [-0.05, 0) is 56.2 Å². The number of imidazole rings is 1. The minimum Gasteiger partial charge on any atom is -0.497 e. The van der Waals surface area contributed by atoms with E-state index in [9.17, 15) is 4.79 Å². The van der Waals surface area contributed by atoms with Gasteiger partial charge in [-0.1, -0.05) is 12.1 Å². The molecule has 4 rings (SSSR count). The van der Waals surface area contributed by atoms with Gasteiger partial charge < -0.3 is 19.4 Å². The summed E-state index contributed by atoms with van der Waals surface area (Å²) in [5.41, 5.74) is 2.06. The second kappa shape index (κ2) is 7.92. The molecule has 1 aliphatic rings. The van der Waals surface area contributed by atoms with Gasteiger partial charge in [0.15, 0.2) is 6.10 Å². The van der Waals surface area contributed by atoms with Gasteiger partial charge >= 0.3 is 0 Å². The Hall–Kier alpha value is -3.02. The quantitative estimate of drug-likeness (QED) is 0.733. The van der Waals surface area contributed by atoms with Crippen molar-refractivity contribution in [3.63, 3.8) is 0 Å². The molecule has 0 bridgehead atoms. The van der Waals surface area contributed by atoms with Gasteiger partial charge in [0, 0.05) is 19.0 Å². The Morgan fingerprint density at radius 2 is 1.79 bits per heavy atom. The van der Waals surface area contributed by atoms with Gasteiger partial charge in [-0.15, -0.1) is 0 Å². The summed E-state index contributed by atoms with van der Waals surface area (Å²) in [5, 5.41) is 0. The first-order valence-electron chi connectivity index (χ1n) is 9.68. The second-order valence-electron chi connectivity index (χ2n) is 7.17. The normalized spacial score (nSPS) is 16.1. The Labute approximate surface area is 164 Å². The number of nitrogens with zero attached hydrogens (tertiary/aromatic N) is 2. The van der Waals surface area contributed by atoms with Crippen LogP contribution in [0.3, 0.4) is 0 Å². The van der Waals surface area contributed by atoms with Crippen molar-refractivity contribution in [3.05, 3.63) is 54.4 Å². The number of carbonyl (C=O) groups is 1. The fourth-order valence-electron chi connectivity index (χ4n) is 3.71. The third-order valence-corrected chi connectivity index (χ3v) is 5.32. The van der Waals surface area contributed by atoms with Gasteiger partial charge in [0.05, 0.1) is 18.1 Å². The molecular weight excluding hydrogens is 354 g/mol. The van der Waals surface area contributed by atoms with E-state index >= 15 is 0 Å². The number of carbonyl (C=O) groups excluding carboxylic acids is 1. The molecule has 1 N–H and O–H groups in total. The molecule has 1 atom stereocenters. The lowest BCUT2D eigenvalue weighted by molar-refractivity contribution is -0.139. The van der Waals surface area contributed by atoms with Crippen LogP contribution in [0.4, 0.5) is 0 Å². The van der Waals surface area contributed by atoms with E-state index in [2.05, 4.69) is 4.98 Å². The van der Waals surface area contributed by atoms with Gasteiger partial charge in [-0.3, -0.25) is 4.79 Å². The minimum atomic E-state index is -0.517.